The van der Waals surface area contributed by atoms with Gasteiger partial charge in [-0.05, 0) is 18.6 Å². The Labute approximate surface area is 104 Å². The molecule has 1 aromatic carbocycles. The third-order valence-electron chi connectivity index (χ3n) is 2.92. The summed E-state index contributed by atoms with van der Waals surface area (Å²) >= 11 is 1.80. The number of hydrogen-bond donors (Lipinski definition) is 1. The minimum atomic E-state index is 0.883. The molecule has 1 N–H and O–H groups in total. The Balaban J connectivity index is 2.00. The van der Waals surface area contributed by atoms with Crippen LogP contribution in [0.5, 0.6) is 5.75 Å². The number of hydrogen-bond acceptors (Lipinski definition) is 4. The molecular weight excluding hydrogens is 232 g/mol. The molecule has 3 rings (SSSR count). The largest absolute Gasteiger partial charge is 0.497 e. The lowest BCUT2D eigenvalue weighted by Gasteiger charge is -2.09. The lowest BCUT2D eigenvalue weighted by atomic mass is 10.2. The van der Waals surface area contributed by atoms with Crippen molar-refractivity contribution in [3.63, 3.8) is 0 Å². The average molecular weight is 246 g/mol. The van der Waals surface area contributed by atoms with Crippen molar-refractivity contribution in [2.24, 2.45) is 0 Å². The molecule has 2 aromatic rings. The number of benzene rings is 1. The zero-order chi connectivity index (χ0) is 11.7. The van der Waals surface area contributed by atoms with E-state index in [0.717, 1.165) is 35.8 Å². The van der Waals surface area contributed by atoms with E-state index in [1.165, 1.54) is 10.6 Å². The van der Waals surface area contributed by atoms with E-state index in [1.807, 2.05) is 18.2 Å². The molecule has 3 nitrogen and oxygen atoms in total. The molecule has 0 unspecified atom stereocenters. The van der Waals surface area contributed by atoms with Gasteiger partial charge in [0.1, 0.15) is 10.8 Å². The van der Waals surface area contributed by atoms with Gasteiger partial charge in [-0.15, -0.1) is 11.3 Å². The summed E-state index contributed by atoms with van der Waals surface area (Å²) in [7, 11) is 1.69. The molecule has 0 saturated heterocycles. The van der Waals surface area contributed by atoms with Crippen LogP contribution in [-0.4, -0.2) is 18.6 Å². The molecule has 0 bridgehead atoms. The number of methoxy groups -OCH3 is 1. The number of fused-ring (bicyclic) bond motifs is 1. The van der Waals surface area contributed by atoms with Gasteiger partial charge in [0.2, 0.25) is 0 Å². The lowest BCUT2D eigenvalue weighted by molar-refractivity contribution is 0.415. The van der Waals surface area contributed by atoms with Crippen molar-refractivity contribution in [3.8, 4) is 16.3 Å². The quantitative estimate of drug-likeness (QED) is 0.884. The van der Waals surface area contributed by atoms with Gasteiger partial charge in [-0.25, -0.2) is 4.98 Å². The number of nitrogens with one attached hydrogen (secondary N) is 1. The van der Waals surface area contributed by atoms with Crippen molar-refractivity contribution < 1.29 is 4.74 Å². The lowest BCUT2D eigenvalue weighted by Crippen LogP contribution is -2.22. The zero-order valence-electron chi connectivity index (χ0n) is 9.69. The first-order valence-corrected chi connectivity index (χ1v) is 6.52. The van der Waals surface area contributed by atoms with Crippen LogP contribution in [0, 0.1) is 0 Å². The topological polar surface area (TPSA) is 34.1 Å². The highest BCUT2D eigenvalue weighted by Crippen LogP contribution is 2.31. The van der Waals surface area contributed by atoms with Gasteiger partial charge in [0.05, 0.1) is 12.8 Å². The van der Waals surface area contributed by atoms with Crippen LogP contribution in [0.1, 0.15) is 10.6 Å². The highest BCUT2D eigenvalue weighted by molar-refractivity contribution is 7.15. The van der Waals surface area contributed by atoms with Crippen LogP contribution in [0.4, 0.5) is 0 Å². The van der Waals surface area contributed by atoms with Crippen LogP contribution < -0.4 is 10.1 Å². The molecule has 0 saturated carbocycles. The first-order chi connectivity index (χ1) is 8.36. The molecule has 2 heterocycles. The van der Waals surface area contributed by atoms with Gasteiger partial charge >= 0.3 is 0 Å². The fourth-order valence-electron chi connectivity index (χ4n) is 2.01. The maximum absolute atomic E-state index is 5.24. The summed E-state index contributed by atoms with van der Waals surface area (Å²) < 4.78 is 5.24. The summed E-state index contributed by atoms with van der Waals surface area (Å²) in [5.41, 5.74) is 2.35. The van der Waals surface area contributed by atoms with Crippen LogP contribution in [0.2, 0.25) is 0 Å². The Kier molecular flexibility index (Phi) is 2.82. The van der Waals surface area contributed by atoms with E-state index in [0.29, 0.717) is 0 Å². The molecule has 1 aliphatic rings. The monoisotopic (exact) mass is 246 g/mol. The number of ether oxygens (including phenoxy) is 1. The van der Waals surface area contributed by atoms with Crippen LogP contribution in [-0.2, 0) is 13.0 Å². The molecular formula is C13H14N2OS. The van der Waals surface area contributed by atoms with Gasteiger partial charge in [0.25, 0.3) is 0 Å². The number of rotatable bonds is 2. The fourth-order valence-corrected chi connectivity index (χ4v) is 3.08. The Hall–Kier alpha value is -1.39. The molecule has 88 valence electrons. The Bertz CT molecular complexity index is 512. The molecule has 0 aliphatic carbocycles. The van der Waals surface area contributed by atoms with Gasteiger partial charge in [-0.3, -0.25) is 0 Å². The number of nitrogens with zero attached hydrogens (tertiary/aromatic N) is 1. The third-order valence-corrected chi connectivity index (χ3v) is 4.12. The van der Waals surface area contributed by atoms with Crippen molar-refractivity contribution in [2.75, 3.05) is 13.7 Å². The highest BCUT2D eigenvalue weighted by atomic mass is 32.1. The number of thiazole rings is 1. The molecule has 17 heavy (non-hydrogen) atoms. The molecule has 0 fully saturated rings. The SMILES string of the molecule is COc1cccc(-c2nc3c(s2)CCNC3)c1. The van der Waals surface area contributed by atoms with E-state index >= 15 is 0 Å². The molecule has 1 aromatic heterocycles. The maximum atomic E-state index is 5.24. The van der Waals surface area contributed by atoms with E-state index in [9.17, 15) is 0 Å². The summed E-state index contributed by atoms with van der Waals surface area (Å²) in [4.78, 5) is 6.12. The van der Waals surface area contributed by atoms with Gasteiger partial charge in [0, 0.05) is 23.5 Å². The van der Waals surface area contributed by atoms with Crippen LogP contribution >= 0.6 is 11.3 Å². The Morgan fingerprint density at radius 3 is 3.18 bits per heavy atom. The molecule has 0 amide bonds. The van der Waals surface area contributed by atoms with E-state index in [1.54, 1.807) is 18.4 Å². The highest BCUT2D eigenvalue weighted by Gasteiger charge is 2.15. The van der Waals surface area contributed by atoms with E-state index in [4.69, 9.17) is 9.72 Å². The first kappa shape index (κ1) is 10.7. The van der Waals surface area contributed by atoms with Crippen LogP contribution in [0.25, 0.3) is 10.6 Å². The second-order valence-corrected chi connectivity index (χ2v) is 5.13. The molecule has 0 radical (unpaired) electrons. The predicted octanol–water partition coefficient (Wildman–Crippen LogP) is 2.46. The van der Waals surface area contributed by atoms with Crippen LogP contribution in [0.3, 0.4) is 0 Å². The van der Waals surface area contributed by atoms with Crippen molar-refractivity contribution >= 4 is 11.3 Å². The Morgan fingerprint density at radius 1 is 1.41 bits per heavy atom. The maximum Gasteiger partial charge on any atom is 0.124 e. The van der Waals surface area contributed by atoms with E-state index in [-0.39, 0.29) is 0 Å². The normalized spacial score (nSPS) is 14.4. The van der Waals surface area contributed by atoms with Gasteiger partial charge in [0.15, 0.2) is 0 Å². The van der Waals surface area contributed by atoms with Crippen molar-refractivity contribution in [1.29, 1.82) is 0 Å². The minimum absolute atomic E-state index is 0.883. The van der Waals surface area contributed by atoms with Gasteiger partial charge in [-0.1, -0.05) is 12.1 Å². The second-order valence-electron chi connectivity index (χ2n) is 4.05. The van der Waals surface area contributed by atoms with Crippen LogP contribution in [0.15, 0.2) is 24.3 Å². The second kappa shape index (κ2) is 4.47. The fraction of sp³-hybridized carbons (Fsp3) is 0.308. The zero-order valence-corrected chi connectivity index (χ0v) is 10.5. The standard InChI is InChI=1S/C13H14N2OS/c1-16-10-4-2-3-9(7-10)13-15-11-8-14-6-5-12(11)17-13/h2-4,7,14H,5-6,8H2,1H3. The summed E-state index contributed by atoms with van der Waals surface area (Å²) in [5, 5.41) is 4.44. The average Bonchev–Trinajstić information content (AvgIpc) is 2.82. The summed E-state index contributed by atoms with van der Waals surface area (Å²) in [6.45, 7) is 1.96. The van der Waals surface area contributed by atoms with E-state index in [2.05, 4.69) is 11.4 Å². The van der Waals surface area contributed by atoms with Crippen molar-refractivity contribution in [3.05, 3.63) is 34.8 Å². The first-order valence-electron chi connectivity index (χ1n) is 5.70. The predicted molar refractivity (Wildman–Crippen MR) is 69.5 cm³/mol. The van der Waals surface area contributed by atoms with E-state index < -0.39 is 0 Å². The molecule has 0 spiro atoms. The smallest absolute Gasteiger partial charge is 0.124 e. The minimum Gasteiger partial charge on any atom is -0.497 e. The Morgan fingerprint density at radius 2 is 2.35 bits per heavy atom. The summed E-state index contributed by atoms with van der Waals surface area (Å²) in [6.07, 6.45) is 1.09. The van der Waals surface area contributed by atoms with Gasteiger partial charge in [-0.2, -0.15) is 0 Å². The molecule has 1 aliphatic heterocycles. The summed E-state index contributed by atoms with van der Waals surface area (Å²) in [5.74, 6) is 0.883. The third kappa shape index (κ3) is 2.06. The van der Waals surface area contributed by atoms with Gasteiger partial charge < -0.3 is 10.1 Å². The van der Waals surface area contributed by atoms with Crippen molar-refractivity contribution in [1.82, 2.24) is 10.3 Å². The summed E-state index contributed by atoms with van der Waals surface area (Å²) in [6, 6.07) is 8.09. The molecule has 0 atom stereocenters. The molecule has 4 heteroatoms. The van der Waals surface area contributed by atoms with Crippen molar-refractivity contribution in [2.45, 2.75) is 13.0 Å². The number of aromatic nitrogens is 1.